The molecule has 0 atom stereocenters. The number of hydrogen-bond acceptors (Lipinski definition) is 4. The zero-order valence-electron chi connectivity index (χ0n) is 12.0. The zero-order valence-corrected chi connectivity index (χ0v) is 12.8. The molecular weight excluding hydrogens is 306 g/mol. The predicted molar refractivity (Wildman–Crippen MR) is 82.7 cm³/mol. The molecule has 8 heteroatoms. The number of halogens is 1. The highest BCUT2D eigenvalue weighted by atomic mass is 35.5. The van der Waals surface area contributed by atoms with Crippen LogP contribution in [0.1, 0.15) is 23.7 Å². The number of hydrogen-bond donors (Lipinski definition) is 2. The highest BCUT2D eigenvalue weighted by molar-refractivity contribution is 6.34. The van der Waals surface area contributed by atoms with E-state index < -0.39 is 0 Å². The number of aryl methyl sites for hydroxylation is 1. The van der Waals surface area contributed by atoms with Crippen LogP contribution in [0.5, 0.6) is 0 Å². The lowest BCUT2D eigenvalue weighted by Gasteiger charge is -2.09. The summed E-state index contributed by atoms with van der Waals surface area (Å²) in [6.07, 6.45) is 3.38. The number of aromatic nitrogens is 3. The number of benzene rings is 1. The van der Waals surface area contributed by atoms with Crippen molar-refractivity contribution in [3.05, 3.63) is 41.4 Å². The van der Waals surface area contributed by atoms with Crippen molar-refractivity contribution in [3.63, 3.8) is 0 Å². The van der Waals surface area contributed by atoms with Crippen LogP contribution >= 0.6 is 11.6 Å². The molecule has 2 aromatic rings. The summed E-state index contributed by atoms with van der Waals surface area (Å²) in [5, 5.41) is 13.0. The Morgan fingerprint density at radius 1 is 1.27 bits per heavy atom. The summed E-state index contributed by atoms with van der Waals surface area (Å²) in [5.74, 6) is -0.395. The van der Waals surface area contributed by atoms with Crippen molar-refractivity contribution in [2.45, 2.75) is 19.9 Å². The monoisotopic (exact) mass is 321 g/mol. The molecule has 116 valence electrons. The zero-order chi connectivity index (χ0) is 15.9. The van der Waals surface area contributed by atoms with Crippen LogP contribution in [0.2, 0.25) is 5.02 Å². The second-order valence-electron chi connectivity index (χ2n) is 4.55. The van der Waals surface area contributed by atoms with E-state index in [-0.39, 0.29) is 18.2 Å². The fraction of sp³-hybridized carbons (Fsp3) is 0.286. The van der Waals surface area contributed by atoms with Gasteiger partial charge in [0.25, 0.3) is 5.91 Å². The summed E-state index contributed by atoms with van der Waals surface area (Å²) >= 11 is 6.07. The third-order valence-corrected chi connectivity index (χ3v) is 3.21. The van der Waals surface area contributed by atoms with E-state index in [0.717, 1.165) is 0 Å². The van der Waals surface area contributed by atoms with E-state index in [1.165, 1.54) is 0 Å². The lowest BCUT2D eigenvalue weighted by Crippen LogP contribution is -2.23. The van der Waals surface area contributed by atoms with Crippen LogP contribution in [0.4, 0.5) is 5.69 Å². The number of nitrogens with one attached hydrogen (secondary N) is 2. The molecule has 0 fully saturated rings. The van der Waals surface area contributed by atoms with Crippen LogP contribution in [0.25, 0.3) is 0 Å². The molecule has 0 bridgehead atoms. The molecule has 1 heterocycles. The third-order valence-electron chi connectivity index (χ3n) is 2.90. The summed E-state index contributed by atoms with van der Waals surface area (Å²) in [5.41, 5.74) is 0.929. The molecule has 0 saturated carbocycles. The first-order chi connectivity index (χ1) is 10.6. The maximum Gasteiger partial charge on any atom is 0.252 e. The van der Waals surface area contributed by atoms with Crippen molar-refractivity contribution in [2.75, 3.05) is 11.9 Å². The van der Waals surface area contributed by atoms with Crippen molar-refractivity contribution < 1.29 is 9.59 Å². The van der Waals surface area contributed by atoms with E-state index in [1.807, 2.05) is 6.92 Å². The van der Waals surface area contributed by atoms with E-state index in [0.29, 0.717) is 29.4 Å². The maximum atomic E-state index is 11.9. The van der Waals surface area contributed by atoms with Crippen LogP contribution < -0.4 is 10.6 Å². The Morgan fingerprint density at radius 2 is 2.00 bits per heavy atom. The smallest absolute Gasteiger partial charge is 0.252 e. The standard InChI is InChI=1S/C14H16ClN5O2/c1-2-16-14(22)11-4-3-10(7-12(11)15)19-13(21)5-6-20-8-17-18-9-20/h3-4,7-9H,2,5-6H2,1H3,(H,16,22)(H,19,21). The summed E-state index contributed by atoms with van der Waals surface area (Å²) in [7, 11) is 0. The van der Waals surface area contributed by atoms with Crippen molar-refractivity contribution in [2.24, 2.45) is 0 Å². The maximum absolute atomic E-state index is 11.9. The molecule has 2 N–H and O–H groups in total. The summed E-state index contributed by atoms with van der Waals surface area (Å²) in [6.45, 7) is 2.84. The molecule has 0 aliphatic heterocycles. The molecule has 1 aromatic heterocycles. The van der Waals surface area contributed by atoms with Gasteiger partial charge in [-0.25, -0.2) is 0 Å². The van der Waals surface area contributed by atoms with E-state index in [2.05, 4.69) is 20.8 Å². The molecule has 0 aliphatic carbocycles. The molecule has 22 heavy (non-hydrogen) atoms. The van der Waals surface area contributed by atoms with Crippen LogP contribution in [-0.4, -0.2) is 33.1 Å². The quantitative estimate of drug-likeness (QED) is 0.847. The lowest BCUT2D eigenvalue weighted by atomic mass is 10.2. The Kier molecular flexibility index (Phi) is 5.48. The summed E-state index contributed by atoms with van der Waals surface area (Å²) in [4.78, 5) is 23.6. The fourth-order valence-electron chi connectivity index (χ4n) is 1.82. The van der Waals surface area contributed by atoms with Gasteiger partial charge in [0.15, 0.2) is 0 Å². The van der Waals surface area contributed by atoms with E-state index in [9.17, 15) is 9.59 Å². The third kappa shape index (κ3) is 4.29. The van der Waals surface area contributed by atoms with Crippen molar-refractivity contribution in [3.8, 4) is 0 Å². The Labute approximate surface area is 132 Å². The molecule has 0 unspecified atom stereocenters. The van der Waals surface area contributed by atoms with Crippen LogP contribution in [0.15, 0.2) is 30.9 Å². The van der Waals surface area contributed by atoms with Crippen LogP contribution in [-0.2, 0) is 11.3 Å². The van der Waals surface area contributed by atoms with E-state index in [1.54, 1.807) is 35.4 Å². The second kappa shape index (κ2) is 7.56. The van der Waals surface area contributed by atoms with Gasteiger partial charge < -0.3 is 15.2 Å². The molecular formula is C14H16ClN5O2. The molecule has 0 aliphatic rings. The number of carbonyl (C=O) groups excluding carboxylic acids is 2. The van der Waals surface area contributed by atoms with Gasteiger partial charge in [-0.15, -0.1) is 10.2 Å². The summed E-state index contributed by atoms with van der Waals surface area (Å²) in [6, 6.07) is 4.79. The Hall–Kier alpha value is -2.41. The van der Waals surface area contributed by atoms with Crippen LogP contribution in [0, 0.1) is 0 Å². The normalized spacial score (nSPS) is 10.3. The lowest BCUT2D eigenvalue weighted by molar-refractivity contribution is -0.116. The summed E-state index contributed by atoms with van der Waals surface area (Å²) < 4.78 is 1.71. The van der Waals surface area contributed by atoms with Gasteiger partial charge in [0.2, 0.25) is 5.91 Å². The highest BCUT2D eigenvalue weighted by Crippen LogP contribution is 2.21. The molecule has 1 aromatic carbocycles. The van der Waals surface area contributed by atoms with Gasteiger partial charge in [0.1, 0.15) is 12.7 Å². The molecule has 0 radical (unpaired) electrons. The Bertz CT molecular complexity index is 657. The second-order valence-corrected chi connectivity index (χ2v) is 4.96. The first-order valence-corrected chi connectivity index (χ1v) is 7.18. The number of nitrogens with zero attached hydrogens (tertiary/aromatic N) is 3. The van der Waals surface area contributed by atoms with Crippen molar-refractivity contribution in [1.29, 1.82) is 0 Å². The predicted octanol–water partition coefficient (Wildman–Crippen LogP) is 1.71. The minimum Gasteiger partial charge on any atom is -0.352 e. The van der Waals surface area contributed by atoms with Gasteiger partial charge in [0.05, 0.1) is 10.6 Å². The molecule has 2 amide bonds. The van der Waals surface area contributed by atoms with Crippen LogP contribution in [0.3, 0.4) is 0 Å². The van der Waals surface area contributed by atoms with Gasteiger partial charge in [-0.1, -0.05) is 11.6 Å². The Morgan fingerprint density at radius 3 is 2.64 bits per heavy atom. The highest BCUT2D eigenvalue weighted by Gasteiger charge is 2.11. The number of amides is 2. The number of anilines is 1. The molecule has 0 spiro atoms. The molecule has 0 saturated heterocycles. The van der Waals surface area contributed by atoms with Gasteiger partial charge in [0, 0.05) is 25.2 Å². The van der Waals surface area contributed by atoms with Crippen molar-refractivity contribution >= 4 is 29.1 Å². The first-order valence-electron chi connectivity index (χ1n) is 6.80. The number of rotatable bonds is 6. The minimum atomic E-state index is -0.238. The van der Waals surface area contributed by atoms with Gasteiger partial charge in [-0.2, -0.15) is 0 Å². The van der Waals surface area contributed by atoms with E-state index in [4.69, 9.17) is 11.6 Å². The van der Waals surface area contributed by atoms with E-state index >= 15 is 0 Å². The Balaban J connectivity index is 1.93. The topological polar surface area (TPSA) is 88.9 Å². The molecule has 2 rings (SSSR count). The molecule has 7 nitrogen and oxygen atoms in total. The average molecular weight is 322 g/mol. The largest absolute Gasteiger partial charge is 0.352 e. The SMILES string of the molecule is CCNC(=O)c1ccc(NC(=O)CCn2cnnc2)cc1Cl. The first kappa shape index (κ1) is 16.0. The van der Waals surface area contributed by atoms with Gasteiger partial charge >= 0.3 is 0 Å². The fourth-order valence-corrected chi connectivity index (χ4v) is 2.09. The van der Waals surface area contributed by atoms with Crippen molar-refractivity contribution in [1.82, 2.24) is 20.1 Å². The minimum absolute atomic E-state index is 0.157. The van der Waals surface area contributed by atoms with Gasteiger partial charge in [-0.05, 0) is 25.1 Å². The number of carbonyl (C=O) groups is 2. The average Bonchev–Trinajstić information content (AvgIpc) is 2.98. The van der Waals surface area contributed by atoms with Gasteiger partial charge in [-0.3, -0.25) is 9.59 Å².